The first-order chi connectivity index (χ1) is 9.89. The summed E-state index contributed by atoms with van der Waals surface area (Å²) in [6, 6.07) is 8.03. The van der Waals surface area contributed by atoms with Crippen molar-refractivity contribution in [3.63, 3.8) is 0 Å². The molecule has 1 aliphatic carbocycles. The Hall–Kier alpha value is -1.84. The van der Waals surface area contributed by atoms with Gasteiger partial charge in [0.2, 0.25) is 0 Å². The summed E-state index contributed by atoms with van der Waals surface area (Å²) in [4.78, 5) is 24.9. The molecule has 0 N–H and O–H groups in total. The summed E-state index contributed by atoms with van der Waals surface area (Å²) in [6.07, 6.45) is 2.36. The molecule has 0 spiro atoms. The van der Waals surface area contributed by atoms with E-state index in [4.69, 9.17) is 9.47 Å². The van der Waals surface area contributed by atoms with Crippen molar-refractivity contribution < 1.29 is 19.1 Å². The Balaban J connectivity index is 2.06. The molecule has 0 bridgehead atoms. The highest BCUT2D eigenvalue weighted by molar-refractivity contribution is 5.98. The van der Waals surface area contributed by atoms with Crippen molar-refractivity contribution in [3.8, 4) is 0 Å². The van der Waals surface area contributed by atoms with Gasteiger partial charge in [0.1, 0.15) is 0 Å². The van der Waals surface area contributed by atoms with Gasteiger partial charge >= 0.3 is 11.9 Å². The van der Waals surface area contributed by atoms with Crippen LogP contribution in [0.3, 0.4) is 0 Å². The minimum Gasteiger partial charge on any atom is -0.422 e. The molecular formula is C17H20O4. The predicted molar refractivity (Wildman–Crippen MR) is 76.5 cm³/mol. The van der Waals surface area contributed by atoms with E-state index in [0.29, 0.717) is 6.42 Å². The summed E-state index contributed by atoms with van der Waals surface area (Å²) in [5.41, 5.74) is 1.80. The smallest absolute Gasteiger partial charge is 0.324 e. The molecule has 1 aromatic rings. The number of rotatable bonds is 2. The number of hydrogen-bond donors (Lipinski definition) is 0. The highest BCUT2D eigenvalue weighted by Gasteiger charge is 2.56. The van der Waals surface area contributed by atoms with Gasteiger partial charge in [0, 0.05) is 19.3 Å². The summed E-state index contributed by atoms with van der Waals surface area (Å²) < 4.78 is 10.7. The average Bonchev–Trinajstić information content (AvgIpc) is 2.77. The molecule has 4 nitrogen and oxygen atoms in total. The minimum atomic E-state index is -1.17. The Bertz CT molecular complexity index is 585. The number of esters is 2. The summed E-state index contributed by atoms with van der Waals surface area (Å²) >= 11 is 0. The van der Waals surface area contributed by atoms with Gasteiger partial charge in [0.15, 0.2) is 5.92 Å². The molecule has 112 valence electrons. The van der Waals surface area contributed by atoms with Crippen molar-refractivity contribution in [2.24, 2.45) is 5.92 Å². The van der Waals surface area contributed by atoms with Crippen molar-refractivity contribution in [3.05, 3.63) is 35.4 Å². The molecule has 4 heteroatoms. The molecule has 1 saturated heterocycles. The Morgan fingerprint density at radius 3 is 2.38 bits per heavy atom. The minimum absolute atomic E-state index is 0.463. The van der Waals surface area contributed by atoms with Gasteiger partial charge in [0.25, 0.3) is 5.79 Å². The highest BCUT2D eigenvalue weighted by atomic mass is 16.7. The lowest BCUT2D eigenvalue weighted by molar-refractivity contribution is -0.243. The number of fused-ring (bicyclic) bond motifs is 1. The largest absolute Gasteiger partial charge is 0.422 e. The monoisotopic (exact) mass is 288 g/mol. The van der Waals surface area contributed by atoms with Crippen molar-refractivity contribution >= 4 is 11.9 Å². The molecule has 0 saturated carbocycles. The van der Waals surface area contributed by atoms with E-state index in [1.165, 1.54) is 5.56 Å². The van der Waals surface area contributed by atoms with Gasteiger partial charge in [-0.15, -0.1) is 0 Å². The summed E-state index contributed by atoms with van der Waals surface area (Å²) in [6.45, 7) is 5.18. The van der Waals surface area contributed by atoms with Gasteiger partial charge in [-0.3, -0.25) is 9.59 Å². The molecule has 0 amide bonds. The standard InChI is InChI=1S/C17H20O4/c1-4-17(10-9-11-7-5-6-8-12(11)17)13-14(18)20-16(2,3)21-15(13)19/h5-8,13H,4,9-10H2,1-3H3/t17-/m1/s1. The van der Waals surface area contributed by atoms with E-state index in [-0.39, 0.29) is 0 Å². The quantitative estimate of drug-likeness (QED) is 0.620. The lowest BCUT2D eigenvalue weighted by atomic mass is 9.68. The van der Waals surface area contributed by atoms with Crippen LogP contribution in [0, 0.1) is 5.92 Å². The van der Waals surface area contributed by atoms with Crippen molar-refractivity contribution in [1.29, 1.82) is 0 Å². The number of carbonyl (C=O) groups is 2. The highest BCUT2D eigenvalue weighted by Crippen LogP contribution is 2.49. The molecule has 3 rings (SSSR count). The third-order valence-corrected chi connectivity index (χ3v) is 4.74. The van der Waals surface area contributed by atoms with Crippen LogP contribution < -0.4 is 0 Å². The number of ether oxygens (including phenoxy) is 2. The van der Waals surface area contributed by atoms with E-state index in [1.54, 1.807) is 13.8 Å². The molecule has 2 aliphatic rings. The maximum Gasteiger partial charge on any atom is 0.324 e. The average molecular weight is 288 g/mol. The van der Waals surface area contributed by atoms with E-state index >= 15 is 0 Å². The molecule has 0 aromatic heterocycles. The lowest BCUT2D eigenvalue weighted by Crippen LogP contribution is -2.53. The van der Waals surface area contributed by atoms with E-state index < -0.39 is 29.1 Å². The molecule has 1 aromatic carbocycles. The summed E-state index contributed by atoms with van der Waals surface area (Å²) in [5.74, 6) is -2.96. The molecule has 21 heavy (non-hydrogen) atoms. The second kappa shape index (κ2) is 4.58. The van der Waals surface area contributed by atoms with Gasteiger partial charge in [-0.2, -0.15) is 0 Å². The van der Waals surface area contributed by atoms with Crippen LogP contribution in [0.15, 0.2) is 24.3 Å². The fraction of sp³-hybridized carbons (Fsp3) is 0.529. The van der Waals surface area contributed by atoms with E-state index in [1.807, 2.05) is 25.1 Å². The fourth-order valence-electron chi connectivity index (χ4n) is 3.76. The van der Waals surface area contributed by atoms with E-state index in [9.17, 15) is 9.59 Å². The SMILES string of the molecule is CC[C@@]1(C2C(=O)OC(C)(C)OC2=O)CCc2ccccc21. The Kier molecular flexibility index (Phi) is 3.08. The van der Waals surface area contributed by atoms with Crippen molar-refractivity contribution in [2.75, 3.05) is 0 Å². The van der Waals surface area contributed by atoms with Gasteiger partial charge < -0.3 is 9.47 Å². The molecule has 1 fully saturated rings. The first-order valence-electron chi connectivity index (χ1n) is 7.44. The zero-order chi connectivity index (χ0) is 15.3. The maximum absolute atomic E-state index is 12.5. The first-order valence-corrected chi connectivity index (χ1v) is 7.44. The number of hydrogen-bond acceptors (Lipinski definition) is 4. The zero-order valence-electron chi connectivity index (χ0n) is 12.6. The Labute approximate surface area is 124 Å². The second-order valence-electron chi connectivity index (χ2n) is 6.34. The number of benzene rings is 1. The first kappa shape index (κ1) is 14.1. The fourth-order valence-corrected chi connectivity index (χ4v) is 3.76. The topological polar surface area (TPSA) is 52.6 Å². The van der Waals surface area contributed by atoms with Gasteiger partial charge in [-0.25, -0.2) is 0 Å². The molecular weight excluding hydrogens is 268 g/mol. The van der Waals surface area contributed by atoms with Crippen molar-refractivity contribution in [2.45, 2.75) is 51.2 Å². The van der Waals surface area contributed by atoms with Crippen LogP contribution in [0.2, 0.25) is 0 Å². The van der Waals surface area contributed by atoms with E-state index in [2.05, 4.69) is 6.07 Å². The molecule has 0 radical (unpaired) electrons. The summed E-state index contributed by atoms with van der Waals surface area (Å²) in [5, 5.41) is 0. The third-order valence-electron chi connectivity index (χ3n) is 4.74. The zero-order valence-corrected chi connectivity index (χ0v) is 12.6. The molecule has 0 unspecified atom stereocenters. The second-order valence-corrected chi connectivity index (χ2v) is 6.34. The van der Waals surface area contributed by atoms with Crippen LogP contribution >= 0.6 is 0 Å². The van der Waals surface area contributed by atoms with Gasteiger partial charge in [-0.05, 0) is 30.4 Å². The molecule has 1 aliphatic heterocycles. The van der Waals surface area contributed by atoms with Crippen LogP contribution in [0.25, 0.3) is 0 Å². The van der Waals surface area contributed by atoms with E-state index in [0.717, 1.165) is 18.4 Å². The van der Waals surface area contributed by atoms with Crippen LogP contribution in [-0.4, -0.2) is 17.7 Å². The normalized spacial score (nSPS) is 28.0. The van der Waals surface area contributed by atoms with Crippen LogP contribution in [0.4, 0.5) is 0 Å². The Morgan fingerprint density at radius 1 is 1.14 bits per heavy atom. The third kappa shape index (κ3) is 2.04. The van der Waals surface area contributed by atoms with Gasteiger partial charge in [-0.1, -0.05) is 31.2 Å². The number of cyclic esters (lactones) is 2. The lowest BCUT2D eigenvalue weighted by Gasteiger charge is -2.41. The van der Waals surface area contributed by atoms with Crippen LogP contribution in [-0.2, 0) is 30.9 Å². The summed E-state index contributed by atoms with van der Waals surface area (Å²) in [7, 11) is 0. The van der Waals surface area contributed by atoms with Crippen LogP contribution in [0.5, 0.6) is 0 Å². The van der Waals surface area contributed by atoms with Gasteiger partial charge in [0.05, 0.1) is 0 Å². The number of carbonyl (C=O) groups excluding carboxylic acids is 2. The van der Waals surface area contributed by atoms with Crippen molar-refractivity contribution in [1.82, 2.24) is 0 Å². The predicted octanol–water partition coefficient (Wildman–Crippen LogP) is 2.73. The Morgan fingerprint density at radius 2 is 1.76 bits per heavy atom. The maximum atomic E-state index is 12.5. The molecule has 1 atom stereocenters. The molecule has 1 heterocycles. The van der Waals surface area contributed by atoms with Crippen LogP contribution in [0.1, 0.15) is 44.7 Å². The number of aryl methyl sites for hydroxylation is 1.